The first kappa shape index (κ1) is 12.2. The Labute approximate surface area is 112 Å². The molecule has 0 amide bonds. The van der Waals surface area contributed by atoms with Crippen LogP contribution in [0.15, 0.2) is 42.5 Å². The molecule has 2 aromatic carbocycles. The van der Waals surface area contributed by atoms with E-state index in [0.717, 1.165) is 29.7 Å². The van der Waals surface area contributed by atoms with E-state index in [1.165, 1.54) is 17.7 Å². The Morgan fingerprint density at radius 2 is 1.89 bits per heavy atom. The third-order valence-corrected chi connectivity index (χ3v) is 3.95. The molecule has 0 aliphatic heterocycles. The van der Waals surface area contributed by atoms with Crippen molar-refractivity contribution in [2.24, 2.45) is 5.73 Å². The standard InChI is InChI=1S/C16H16FNO/c1-19-14-7-2-11-8-9-16(18,15(11)10-14)12-3-5-13(17)6-4-12/h2-7,10H,8-9,18H2,1H3. The van der Waals surface area contributed by atoms with Crippen LogP contribution in [0.2, 0.25) is 0 Å². The van der Waals surface area contributed by atoms with Gasteiger partial charge in [-0.3, -0.25) is 0 Å². The summed E-state index contributed by atoms with van der Waals surface area (Å²) in [6.07, 6.45) is 1.77. The Bertz CT molecular complexity index is 609. The summed E-state index contributed by atoms with van der Waals surface area (Å²) in [5.74, 6) is 0.564. The fraction of sp³-hybridized carbons (Fsp3) is 0.250. The quantitative estimate of drug-likeness (QED) is 0.897. The highest BCUT2D eigenvalue weighted by molar-refractivity contribution is 5.49. The molecule has 1 atom stereocenters. The molecule has 2 nitrogen and oxygen atoms in total. The van der Waals surface area contributed by atoms with Gasteiger partial charge in [0.2, 0.25) is 0 Å². The molecule has 0 fully saturated rings. The highest BCUT2D eigenvalue weighted by Gasteiger charge is 2.36. The van der Waals surface area contributed by atoms with Crippen LogP contribution in [0.1, 0.15) is 23.1 Å². The van der Waals surface area contributed by atoms with Gasteiger partial charge in [-0.2, -0.15) is 0 Å². The lowest BCUT2D eigenvalue weighted by Gasteiger charge is -2.26. The number of halogens is 1. The summed E-state index contributed by atoms with van der Waals surface area (Å²) < 4.78 is 18.3. The van der Waals surface area contributed by atoms with Gasteiger partial charge in [-0.25, -0.2) is 4.39 Å². The highest BCUT2D eigenvalue weighted by Crippen LogP contribution is 2.41. The molecule has 19 heavy (non-hydrogen) atoms. The molecule has 98 valence electrons. The van der Waals surface area contributed by atoms with Gasteiger partial charge in [-0.05, 0) is 53.8 Å². The summed E-state index contributed by atoms with van der Waals surface area (Å²) in [5.41, 5.74) is 9.31. The number of nitrogens with two attached hydrogens (primary N) is 1. The topological polar surface area (TPSA) is 35.2 Å². The van der Waals surface area contributed by atoms with Crippen molar-refractivity contribution in [3.05, 3.63) is 65.0 Å². The maximum Gasteiger partial charge on any atom is 0.123 e. The van der Waals surface area contributed by atoms with Crippen molar-refractivity contribution >= 4 is 0 Å². The van der Waals surface area contributed by atoms with Gasteiger partial charge in [0.05, 0.1) is 12.6 Å². The van der Waals surface area contributed by atoms with E-state index in [4.69, 9.17) is 10.5 Å². The van der Waals surface area contributed by atoms with Gasteiger partial charge in [0.25, 0.3) is 0 Å². The number of fused-ring (bicyclic) bond motifs is 1. The lowest BCUT2D eigenvalue weighted by atomic mass is 9.85. The van der Waals surface area contributed by atoms with E-state index in [9.17, 15) is 4.39 Å². The van der Waals surface area contributed by atoms with Crippen LogP contribution in [0.5, 0.6) is 5.75 Å². The highest BCUT2D eigenvalue weighted by atomic mass is 19.1. The normalized spacial score (nSPS) is 21.2. The van der Waals surface area contributed by atoms with E-state index >= 15 is 0 Å². The third-order valence-electron chi connectivity index (χ3n) is 3.95. The van der Waals surface area contributed by atoms with E-state index in [1.54, 1.807) is 19.2 Å². The molecule has 0 saturated carbocycles. The molecule has 1 aliphatic rings. The number of hydrogen-bond acceptors (Lipinski definition) is 2. The lowest BCUT2D eigenvalue weighted by molar-refractivity contribution is 0.413. The molecule has 0 aromatic heterocycles. The first-order chi connectivity index (χ1) is 9.13. The molecular weight excluding hydrogens is 241 g/mol. The Hall–Kier alpha value is -1.87. The summed E-state index contributed by atoms with van der Waals surface area (Å²) in [6, 6.07) is 12.5. The van der Waals surface area contributed by atoms with Crippen LogP contribution in [0.25, 0.3) is 0 Å². The van der Waals surface area contributed by atoms with Gasteiger partial charge in [-0.15, -0.1) is 0 Å². The van der Waals surface area contributed by atoms with Gasteiger partial charge in [0.15, 0.2) is 0 Å². The summed E-state index contributed by atoms with van der Waals surface area (Å²) in [5, 5.41) is 0. The van der Waals surface area contributed by atoms with E-state index in [0.29, 0.717) is 0 Å². The van der Waals surface area contributed by atoms with Crippen molar-refractivity contribution in [2.45, 2.75) is 18.4 Å². The number of methoxy groups -OCH3 is 1. The van der Waals surface area contributed by atoms with Crippen LogP contribution in [-0.4, -0.2) is 7.11 Å². The number of rotatable bonds is 2. The molecule has 1 unspecified atom stereocenters. The summed E-state index contributed by atoms with van der Waals surface area (Å²) >= 11 is 0. The molecule has 3 heteroatoms. The second-order valence-electron chi connectivity index (χ2n) is 5.00. The summed E-state index contributed by atoms with van der Waals surface area (Å²) in [7, 11) is 1.65. The van der Waals surface area contributed by atoms with E-state index in [1.807, 2.05) is 12.1 Å². The summed E-state index contributed by atoms with van der Waals surface area (Å²) in [4.78, 5) is 0. The van der Waals surface area contributed by atoms with Crippen LogP contribution in [0, 0.1) is 5.82 Å². The molecule has 1 aliphatic carbocycles. The van der Waals surface area contributed by atoms with Crippen LogP contribution in [0.3, 0.4) is 0 Å². The van der Waals surface area contributed by atoms with Crippen molar-refractivity contribution in [2.75, 3.05) is 7.11 Å². The van der Waals surface area contributed by atoms with Crippen LogP contribution >= 0.6 is 0 Å². The van der Waals surface area contributed by atoms with E-state index < -0.39 is 5.54 Å². The van der Waals surface area contributed by atoms with Crippen molar-refractivity contribution in [1.82, 2.24) is 0 Å². The minimum Gasteiger partial charge on any atom is -0.497 e. The Morgan fingerprint density at radius 3 is 2.58 bits per heavy atom. The largest absolute Gasteiger partial charge is 0.497 e. The molecule has 0 saturated heterocycles. The Balaban J connectivity index is 2.11. The minimum atomic E-state index is -0.544. The van der Waals surface area contributed by atoms with Crippen LogP contribution < -0.4 is 10.5 Å². The molecule has 0 spiro atoms. The van der Waals surface area contributed by atoms with Gasteiger partial charge in [0.1, 0.15) is 11.6 Å². The first-order valence-corrected chi connectivity index (χ1v) is 6.36. The number of aryl methyl sites for hydroxylation is 1. The van der Waals surface area contributed by atoms with Gasteiger partial charge >= 0.3 is 0 Å². The predicted molar refractivity (Wildman–Crippen MR) is 72.7 cm³/mol. The van der Waals surface area contributed by atoms with Gasteiger partial charge < -0.3 is 10.5 Å². The molecule has 0 radical (unpaired) electrons. The zero-order chi connectivity index (χ0) is 13.5. The zero-order valence-electron chi connectivity index (χ0n) is 10.8. The Morgan fingerprint density at radius 1 is 1.16 bits per heavy atom. The predicted octanol–water partition coefficient (Wildman–Crippen LogP) is 2.98. The smallest absolute Gasteiger partial charge is 0.123 e. The van der Waals surface area contributed by atoms with Crippen molar-refractivity contribution in [3.8, 4) is 5.75 Å². The SMILES string of the molecule is COc1ccc2c(c1)C(N)(c1ccc(F)cc1)CC2. The molecular formula is C16H16FNO. The molecule has 2 aromatic rings. The molecule has 0 heterocycles. The number of hydrogen-bond donors (Lipinski definition) is 1. The average Bonchev–Trinajstić information content (AvgIpc) is 2.78. The zero-order valence-corrected chi connectivity index (χ0v) is 10.8. The van der Waals surface area contributed by atoms with Crippen molar-refractivity contribution in [1.29, 1.82) is 0 Å². The van der Waals surface area contributed by atoms with Gasteiger partial charge in [0, 0.05) is 0 Å². The van der Waals surface area contributed by atoms with Crippen molar-refractivity contribution in [3.63, 3.8) is 0 Å². The second-order valence-corrected chi connectivity index (χ2v) is 5.00. The fourth-order valence-electron chi connectivity index (χ4n) is 2.83. The van der Waals surface area contributed by atoms with Crippen LogP contribution in [-0.2, 0) is 12.0 Å². The average molecular weight is 257 g/mol. The van der Waals surface area contributed by atoms with Gasteiger partial charge in [-0.1, -0.05) is 18.2 Å². The first-order valence-electron chi connectivity index (χ1n) is 6.36. The lowest BCUT2D eigenvalue weighted by Crippen LogP contribution is -2.35. The summed E-state index contributed by atoms with van der Waals surface area (Å²) in [6.45, 7) is 0. The molecule has 3 rings (SSSR count). The minimum absolute atomic E-state index is 0.240. The van der Waals surface area contributed by atoms with E-state index in [-0.39, 0.29) is 5.82 Å². The monoisotopic (exact) mass is 257 g/mol. The Kier molecular flexibility index (Phi) is 2.79. The fourth-order valence-corrected chi connectivity index (χ4v) is 2.83. The maximum atomic E-state index is 13.1. The number of benzene rings is 2. The maximum absolute atomic E-state index is 13.1. The van der Waals surface area contributed by atoms with E-state index in [2.05, 4.69) is 6.07 Å². The van der Waals surface area contributed by atoms with Crippen molar-refractivity contribution < 1.29 is 9.13 Å². The molecule has 0 bridgehead atoms. The third kappa shape index (κ3) is 1.90. The number of ether oxygens (including phenoxy) is 1. The second kappa shape index (κ2) is 4.35. The van der Waals surface area contributed by atoms with Crippen LogP contribution in [0.4, 0.5) is 4.39 Å². The molecule has 2 N–H and O–H groups in total.